The summed E-state index contributed by atoms with van der Waals surface area (Å²) in [6.07, 6.45) is 5.41. The van der Waals surface area contributed by atoms with Crippen molar-refractivity contribution in [1.29, 1.82) is 0 Å². The second-order valence-electron chi connectivity index (χ2n) is 5.27. The van der Waals surface area contributed by atoms with Crippen LogP contribution in [0.3, 0.4) is 0 Å². The molecule has 3 nitrogen and oxygen atoms in total. The second kappa shape index (κ2) is 5.47. The van der Waals surface area contributed by atoms with Gasteiger partial charge in [0.25, 0.3) is 0 Å². The maximum Gasteiger partial charge on any atom is 0.337 e. The minimum absolute atomic E-state index is 0.262. The van der Waals surface area contributed by atoms with E-state index in [-0.39, 0.29) is 6.04 Å². The van der Waals surface area contributed by atoms with E-state index >= 15 is 0 Å². The van der Waals surface area contributed by atoms with Crippen molar-refractivity contribution in [3.8, 4) is 0 Å². The molecule has 0 atom stereocenters. The van der Waals surface area contributed by atoms with Crippen LogP contribution in [-0.2, 0) is 6.42 Å². The van der Waals surface area contributed by atoms with Gasteiger partial charge in [0.2, 0.25) is 0 Å². The number of rotatable bonds is 5. The maximum atomic E-state index is 11.4. The first-order chi connectivity index (χ1) is 9.06. The van der Waals surface area contributed by atoms with Crippen LogP contribution < -0.4 is 0 Å². The zero-order valence-electron chi connectivity index (χ0n) is 11.8. The number of unbranched alkanes of at least 4 members (excludes halogenated alkanes) is 1. The summed E-state index contributed by atoms with van der Waals surface area (Å²) in [7, 11) is 0. The minimum Gasteiger partial charge on any atom is -0.478 e. The maximum absolute atomic E-state index is 11.4. The van der Waals surface area contributed by atoms with Crippen LogP contribution in [0, 0.1) is 0 Å². The van der Waals surface area contributed by atoms with E-state index in [1.807, 2.05) is 12.1 Å². The molecule has 2 rings (SSSR count). The summed E-state index contributed by atoms with van der Waals surface area (Å²) in [5.41, 5.74) is 2.51. The Labute approximate surface area is 113 Å². The molecule has 3 heteroatoms. The van der Waals surface area contributed by atoms with Gasteiger partial charge in [0.15, 0.2) is 0 Å². The Kier molecular flexibility index (Phi) is 3.93. The number of hydrogen-bond donors (Lipinski definition) is 1. The topological polar surface area (TPSA) is 42.2 Å². The molecule has 2 aromatic rings. The second-order valence-corrected chi connectivity index (χ2v) is 5.27. The zero-order valence-corrected chi connectivity index (χ0v) is 11.8. The van der Waals surface area contributed by atoms with E-state index in [4.69, 9.17) is 0 Å². The highest BCUT2D eigenvalue weighted by molar-refractivity contribution is 6.03. The number of nitrogens with zero attached hydrogens (tertiary/aromatic N) is 1. The van der Waals surface area contributed by atoms with Gasteiger partial charge < -0.3 is 9.67 Å². The number of benzene rings is 1. The third-order valence-corrected chi connectivity index (χ3v) is 3.52. The van der Waals surface area contributed by atoms with Crippen LogP contribution in [0.1, 0.15) is 55.6 Å². The van der Waals surface area contributed by atoms with Gasteiger partial charge >= 0.3 is 5.97 Å². The van der Waals surface area contributed by atoms with Gasteiger partial charge in [0.1, 0.15) is 0 Å². The first-order valence-corrected chi connectivity index (χ1v) is 6.92. The number of aromatic carboxylic acids is 1. The van der Waals surface area contributed by atoms with Crippen molar-refractivity contribution >= 4 is 16.9 Å². The van der Waals surface area contributed by atoms with Crippen molar-refractivity contribution in [2.45, 2.75) is 46.1 Å². The molecule has 0 unspecified atom stereocenters. The summed E-state index contributed by atoms with van der Waals surface area (Å²) in [6, 6.07) is 5.82. The lowest BCUT2D eigenvalue weighted by Crippen LogP contribution is -2.04. The third-order valence-electron chi connectivity index (χ3n) is 3.52. The van der Waals surface area contributed by atoms with E-state index in [2.05, 4.69) is 31.5 Å². The Morgan fingerprint density at radius 3 is 2.68 bits per heavy atom. The fraction of sp³-hybridized carbons (Fsp3) is 0.438. The van der Waals surface area contributed by atoms with Gasteiger partial charge in [-0.25, -0.2) is 4.79 Å². The lowest BCUT2D eigenvalue weighted by Gasteiger charge is -2.10. The highest BCUT2D eigenvalue weighted by Crippen LogP contribution is 2.28. The molecule has 0 spiro atoms. The highest BCUT2D eigenvalue weighted by atomic mass is 16.4. The first kappa shape index (κ1) is 13.7. The number of para-hydroxylation sites is 1. The Hall–Kier alpha value is -1.77. The van der Waals surface area contributed by atoms with Crippen LogP contribution in [-0.4, -0.2) is 15.6 Å². The van der Waals surface area contributed by atoms with Gasteiger partial charge in [0, 0.05) is 17.6 Å². The molecule has 1 aromatic heterocycles. The predicted octanol–water partition coefficient (Wildman–Crippen LogP) is 4.26. The van der Waals surface area contributed by atoms with Crippen LogP contribution in [0.2, 0.25) is 0 Å². The number of hydrogen-bond acceptors (Lipinski definition) is 1. The van der Waals surface area contributed by atoms with Crippen LogP contribution in [0.15, 0.2) is 24.4 Å². The van der Waals surface area contributed by atoms with E-state index < -0.39 is 5.97 Å². The fourth-order valence-corrected chi connectivity index (χ4v) is 2.53. The Morgan fingerprint density at radius 1 is 1.37 bits per heavy atom. The fourth-order valence-electron chi connectivity index (χ4n) is 2.53. The molecule has 0 saturated carbocycles. The molecule has 1 N–H and O–H groups in total. The molecule has 19 heavy (non-hydrogen) atoms. The van der Waals surface area contributed by atoms with E-state index in [0.717, 1.165) is 30.2 Å². The third kappa shape index (κ3) is 2.50. The van der Waals surface area contributed by atoms with Crippen molar-refractivity contribution < 1.29 is 9.90 Å². The molecule has 0 amide bonds. The van der Waals surface area contributed by atoms with Gasteiger partial charge in [-0.15, -0.1) is 0 Å². The van der Waals surface area contributed by atoms with E-state index in [1.54, 1.807) is 6.07 Å². The molecule has 102 valence electrons. The molecule has 0 saturated heterocycles. The summed E-state index contributed by atoms with van der Waals surface area (Å²) in [6.45, 7) is 6.34. The van der Waals surface area contributed by atoms with Gasteiger partial charge in [-0.05, 0) is 38.3 Å². The molecule has 0 fully saturated rings. The van der Waals surface area contributed by atoms with E-state index in [9.17, 15) is 9.90 Å². The number of carboxylic acid groups (broad SMARTS) is 1. The smallest absolute Gasteiger partial charge is 0.337 e. The van der Waals surface area contributed by atoms with Crippen molar-refractivity contribution in [3.63, 3.8) is 0 Å². The lowest BCUT2D eigenvalue weighted by atomic mass is 10.1. The zero-order chi connectivity index (χ0) is 14.0. The largest absolute Gasteiger partial charge is 0.478 e. The number of aryl methyl sites for hydroxylation is 1. The van der Waals surface area contributed by atoms with Gasteiger partial charge in [0.05, 0.1) is 11.1 Å². The molecule has 0 aliphatic heterocycles. The average molecular weight is 259 g/mol. The Bertz CT molecular complexity index is 596. The van der Waals surface area contributed by atoms with E-state index in [0.29, 0.717) is 5.56 Å². The summed E-state index contributed by atoms with van der Waals surface area (Å²) >= 11 is 0. The van der Waals surface area contributed by atoms with Gasteiger partial charge in [-0.1, -0.05) is 25.5 Å². The molecular formula is C16H21NO2. The van der Waals surface area contributed by atoms with Gasteiger partial charge in [-0.2, -0.15) is 0 Å². The van der Waals surface area contributed by atoms with Crippen LogP contribution >= 0.6 is 0 Å². The van der Waals surface area contributed by atoms with Crippen molar-refractivity contribution in [3.05, 3.63) is 35.5 Å². The molecular weight excluding hydrogens is 238 g/mol. The molecule has 1 heterocycles. The SMILES string of the molecule is CCCCc1cn(C(C)C)c2c(C(=O)O)cccc12. The normalized spacial score (nSPS) is 11.4. The standard InChI is InChI=1S/C16H21NO2/c1-4-5-7-12-10-17(11(2)3)15-13(12)8-6-9-14(15)16(18)19/h6,8-11H,4-5,7H2,1-3H3,(H,18,19). The highest BCUT2D eigenvalue weighted by Gasteiger charge is 2.16. The number of carboxylic acids is 1. The molecule has 0 aliphatic carbocycles. The molecule has 0 aliphatic rings. The number of fused-ring (bicyclic) bond motifs is 1. The molecule has 0 bridgehead atoms. The van der Waals surface area contributed by atoms with Gasteiger partial charge in [-0.3, -0.25) is 0 Å². The first-order valence-electron chi connectivity index (χ1n) is 6.92. The predicted molar refractivity (Wildman–Crippen MR) is 77.9 cm³/mol. The molecule has 1 aromatic carbocycles. The van der Waals surface area contributed by atoms with Crippen LogP contribution in [0.5, 0.6) is 0 Å². The van der Waals surface area contributed by atoms with Crippen molar-refractivity contribution in [1.82, 2.24) is 4.57 Å². The molecule has 0 radical (unpaired) electrons. The van der Waals surface area contributed by atoms with Crippen molar-refractivity contribution in [2.24, 2.45) is 0 Å². The average Bonchev–Trinajstić information content (AvgIpc) is 2.75. The summed E-state index contributed by atoms with van der Waals surface area (Å²) in [4.78, 5) is 11.4. The summed E-state index contributed by atoms with van der Waals surface area (Å²) < 4.78 is 2.09. The minimum atomic E-state index is -0.854. The van der Waals surface area contributed by atoms with Crippen molar-refractivity contribution in [2.75, 3.05) is 0 Å². The summed E-state index contributed by atoms with van der Waals surface area (Å²) in [5.74, 6) is -0.854. The number of carbonyl (C=O) groups is 1. The number of aromatic nitrogens is 1. The lowest BCUT2D eigenvalue weighted by molar-refractivity contribution is 0.0698. The summed E-state index contributed by atoms with van der Waals surface area (Å²) in [5, 5.41) is 10.4. The monoisotopic (exact) mass is 259 g/mol. The van der Waals surface area contributed by atoms with Crippen LogP contribution in [0.25, 0.3) is 10.9 Å². The quantitative estimate of drug-likeness (QED) is 0.871. The van der Waals surface area contributed by atoms with E-state index in [1.165, 1.54) is 5.56 Å². The van der Waals surface area contributed by atoms with Crippen LogP contribution in [0.4, 0.5) is 0 Å². The Balaban J connectivity index is 2.67. The Morgan fingerprint density at radius 2 is 2.11 bits per heavy atom.